The predicted octanol–water partition coefficient (Wildman–Crippen LogP) is -1.69. The zero-order valence-electron chi connectivity index (χ0n) is 12.0. The van der Waals surface area contributed by atoms with Crippen molar-refractivity contribution in [2.45, 2.75) is 32.8 Å². The van der Waals surface area contributed by atoms with Crippen LogP contribution in [0.5, 0.6) is 0 Å². The van der Waals surface area contributed by atoms with Crippen LogP contribution in [0, 0.1) is 10.4 Å². The Balaban J connectivity index is 0.00000324. The minimum absolute atomic E-state index is 0. The van der Waals surface area contributed by atoms with Gasteiger partial charge in [-0.25, -0.2) is 4.79 Å². The van der Waals surface area contributed by atoms with Crippen molar-refractivity contribution in [1.29, 1.82) is 0 Å². The number of nitrogens with zero attached hydrogens (tertiary/aromatic N) is 4. The summed E-state index contributed by atoms with van der Waals surface area (Å²) in [7, 11) is 0. The van der Waals surface area contributed by atoms with Gasteiger partial charge >= 0.3 is 35.7 Å². The van der Waals surface area contributed by atoms with Gasteiger partial charge in [0, 0.05) is 18.1 Å². The van der Waals surface area contributed by atoms with Crippen molar-refractivity contribution in [3.8, 4) is 0 Å². The maximum atomic E-state index is 11.8. The Morgan fingerprint density at radius 2 is 1.89 bits per heavy atom. The van der Waals surface area contributed by atoms with Crippen molar-refractivity contribution >= 4 is 6.09 Å². The summed E-state index contributed by atoms with van der Waals surface area (Å²) in [5.41, 5.74) is -0.544. The molecular formula is C10H19N4NaO4. The van der Waals surface area contributed by atoms with E-state index in [9.17, 15) is 15.2 Å². The Hall–Kier alpha value is -0.730. The average molecular weight is 282 g/mol. The minimum atomic E-state index is -0.544. The van der Waals surface area contributed by atoms with Gasteiger partial charge in [-0.1, -0.05) is 0 Å². The first-order valence-electron chi connectivity index (χ1n) is 5.87. The van der Waals surface area contributed by atoms with Gasteiger partial charge in [0.2, 0.25) is 0 Å². The fraction of sp³-hybridized carbons (Fsp3) is 0.900. The predicted molar refractivity (Wildman–Crippen MR) is 63.4 cm³/mol. The van der Waals surface area contributed by atoms with Crippen LogP contribution >= 0.6 is 0 Å². The molecule has 1 aliphatic heterocycles. The first-order valence-corrected chi connectivity index (χ1v) is 5.87. The van der Waals surface area contributed by atoms with Crippen LogP contribution < -0.4 is 29.6 Å². The van der Waals surface area contributed by atoms with Gasteiger partial charge in [-0.2, -0.15) is 0 Å². The van der Waals surface area contributed by atoms with Crippen molar-refractivity contribution in [3.63, 3.8) is 0 Å². The summed E-state index contributed by atoms with van der Waals surface area (Å²) in [4.78, 5) is 13.4. The Morgan fingerprint density at radius 1 is 1.26 bits per heavy atom. The van der Waals surface area contributed by atoms with E-state index in [1.165, 1.54) is 9.91 Å². The number of hydrogen-bond donors (Lipinski definition) is 0. The molecule has 0 spiro atoms. The number of carbonyl (C=O) groups excluding carboxylic acids is 1. The summed E-state index contributed by atoms with van der Waals surface area (Å²) >= 11 is 0. The Kier molecular flexibility index (Phi) is 7.46. The van der Waals surface area contributed by atoms with Crippen LogP contribution in [0.15, 0.2) is 5.28 Å². The fourth-order valence-corrected chi connectivity index (χ4v) is 1.64. The number of rotatable bonds is 1. The second-order valence-corrected chi connectivity index (χ2v) is 5.11. The molecule has 0 aromatic heterocycles. The molecule has 1 heterocycles. The monoisotopic (exact) mass is 282 g/mol. The molecule has 0 unspecified atom stereocenters. The molecule has 0 radical (unpaired) electrons. The SMILES string of the molecule is CC(C)(C)OC(=O)N1CCCN([N+]([O-])=N[O-])CC1.[Na+]. The number of hydrazine groups is 1. The zero-order valence-corrected chi connectivity index (χ0v) is 14.0. The summed E-state index contributed by atoms with van der Waals surface area (Å²) in [5, 5.41) is 24.8. The van der Waals surface area contributed by atoms with Crippen molar-refractivity contribution in [2.24, 2.45) is 5.28 Å². The molecule has 0 N–H and O–H groups in total. The fourth-order valence-electron chi connectivity index (χ4n) is 1.64. The quantitative estimate of drug-likeness (QED) is 0.247. The maximum Gasteiger partial charge on any atom is 1.00 e. The molecule has 0 bridgehead atoms. The van der Waals surface area contributed by atoms with Crippen molar-refractivity contribution in [1.82, 2.24) is 9.91 Å². The molecule has 9 heteroatoms. The Bertz CT molecular complexity index is 332. The summed E-state index contributed by atoms with van der Waals surface area (Å²) in [6, 6.07) is 0. The molecule has 1 amide bonds. The first-order chi connectivity index (χ1) is 8.33. The average Bonchev–Trinajstić information content (AvgIpc) is 2.51. The van der Waals surface area contributed by atoms with E-state index >= 15 is 0 Å². The number of ether oxygens (including phenoxy) is 1. The molecule has 0 aliphatic carbocycles. The molecule has 0 saturated carbocycles. The van der Waals surface area contributed by atoms with Gasteiger partial charge in [-0.3, -0.25) is 0 Å². The molecule has 19 heavy (non-hydrogen) atoms. The molecule has 0 aromatic rings. The summed E-state index contributed by atoms with van der Waals surface area (Å²) in [6.45, 7) is 6.89. The molecule has 104 valence electrons. The molecule has 0 atom stereocenters. The zero-order chi connectivity index (χ0) is 13.8. The molecule has 1 fully saturated rings. The van der Waals surface area contributed by atoms with Crippen LogP contribution in [-0.4, -0.2) is 52.8 Å². The summed E-state index contributed by atoms with van der Waals surface area (Å²) in [5.74, 6) is 0. The number of hydrogen-bond acceptors (Lipinski definition) is 5. The van der Waals surface area contributed by atoms with Gasteiger partial charge in [0.15, 0.2) is 0 Å². The molecule has 8 nitrogen and oxygen atoms in total. The van der Waals surface area contributed by atoms with E-state index in [1.807, 2.05) is 0 Å². The van der Waals surface area contributed by atoms with Crippen molar-refractivity contribution < 1.29 is 44.1 Å². The third-order valence-electron chi connectivity index (χ3n) is 2.44. The van der Waals surface area contributed by atoms with E-state index in [0.29, 0.717) is 26.1 Å². The summed E-state index contributed by atoms with van der Waals surface area (Å²) < 4.78 is 5.25. The third-order valence-corrected chi connectivity index (χ3v) is 2.44. The van der Waals surface area contributed by atoms with Gasteiger partial charge < -0.3 is 20.1 Å². The molecule has 1 aliphatic rings. The van der Waals surface area contributed by atoms with Gasteiger partial charge in [-0.05, 0) is 32.5 Å². The van der Waals surface area contributed by atoms with Crippen LogP contribution in [-0.2, 0) is 4.74 Å². The maximum absolute atomic E-state index is 11.8. The molecule has 1 saturated heterocycles. The Morgan fingerprint density at radius 3 is 2.42 bits per heavy atom. The smallest absolute Gasteiger partial charge is 0.737 e. The molecular weight excluding hydrogens is 263 g/mol. The first kappa shape index (κ1) is 18.3. The van der Waals surface area contributed by atoms with Gasteiger partial charge in [-0.15, -0.1) is 5.01 Å². The standard InChI is InChI=1S/C10H20N4O4.Na/c1-10(2,3)18-9(15)12-5-4-6-13(8-7-12)14(17)11-16;/h16H,4-8H2,1-3H3;/q;+1/p-1. The van der Waals surface area contributed by atoms with Gasteiger partial charge in [0.25, 0.3) is 0 Å². The topological polar surface area (TPSA) is 94.3 Å². The van der Waals surface area contributed by atoms with E-state index in [0.717, 1.165) is 0 Å². The van der Waals surface area contributed by atoms with Gasteiger partial charge in [0.1, 0.15) is 5.60 Å². The van der Waals surface area contributed by atoms with Crippen LogP contribution in [0.3, 0.4) is 0 Å². The van der Waals surface area contributed by atoms with E-state index in [4.69, 9.17) is 4.74 Å². The van der Waals surface area contributed by atoms with Crippen LogP contribution in [0.2, 0.25) is 0 Å². The van der Waals surface area contributed by atoms with Crippen LogP contribution in [0.4, 0.5) is 4.79 Å². The second-order valence-electron chi connectivity index (χ2n) is 5.11. The second kappa shape index (κ2) is 7.76. The largest absolute Gasteiger partial charge is 1.00 e. The van der Waals surface area contributed by atoms with Crippen molar-refractivity contribution in [2.75, 3.05) is 26.2 Å². The molecule has 0 aromatic carbocycles. The Labute approximate surface area is 134 Å². The normalized spacial score (nSPS) is 17.5. The number of carbonyl (C=O) groups is 1. The van der Waals surface area contributed by atoms with E-state index in [-0.39, 0.29) is 41.1 Å². The molecule has 1 rings (SSSR count). The van der Waals surface area contributed by atoms with Crippen LogP contribution in [0.25, 0.3) is 0 Å². The number of amides is 1. The third kappa shape index (κ3) is 6.31. The van der Waals surface area contributed by atoms with E-state index < -0.39 is 11.7 Å². The van der Waals surface area contributed by atoms with Gasteiger partial charge in [0.05, 0.1) is 13.1 Å². The van der Waals surface area contributed by atoms with Crippen LogP contribution in [0.1, 0.15) is 27.2 Å². The van der Waals surface area contributed by atoms with E-state index in [1.54, 1.807) is 20.8 Å². The minimum Gasteiger partial charge on any atom is -0.737 e. The van der Waals surface area contributed by atoms with Crippen molar-refractivity contribution in [3.05, 3.63) is 10.4 Å². The van der Waals surface area contributed by atoms with E-state index in [2.05, 4.69) is 5.28 Å². The summed E-state index contributed by atoms with van der Waals surface area (Å²) in [6.07, 6.45) is 0.189.